The number of aromatic nitrogens is 1. The number of carbonyl (C=O) groups excluding carboxylic acids is 1. The van der Waals surface area contributed by atoms with Gasteiger partial charge in [0.15, 0.2) is 0 Å². The third-order valence-corrected chi connectivity index (χ3v) is 8.26. The summed E-state index contributed by atoms with van der Waals surface area (Å²) in [4.78, 5) is 14.2. The number of nitrogens with zero attached hydrogens (tertiary/aromatic N) is 2. The first-order valence-corrected chi connectivity index (χ1v) is 13.7. The van der Waals surface area contributed by atoms with E-state index in [1.54, 1.807) is 7.11 Å². The van der Waals surface area contributed by atoms with Gasteiger partial charge in [-0.3, -0.25) is 4.79 Å². The highest BCUT2D eigenvalue weighted by Crippen LogP contribution is 2.36. The van der Waals surface area contributed by atoms with Gasteiger partial charge in [-0.1, -0.05) is 25.3 Å². The predicted molar refractivity (Wildman–Crippen MR) is 147 cm³/mol. The highest BCUT2D eigenvalue weighted by atomic mass is 16.5. The van der Waals surface area contributed by atoms with E-state index in [-0.39, 0.29) is 5.91 Å². The van der Waals surface area contributed by atoms with Gasteiger partial charge in [-0.15, -0.1) is 0 Å². The third kappa shape index (κ3) is 5.54. The summed E-state index contributed by atoms with van der Waals surface area (Å²) < 4.78 is 8.09. The molecule has 5 rings (SSSR count). The number of methoxy groups -OCH3 is 1. The maximum absolute atomic E-state index is 11.7. The molecule has 1 amide bonds. The van der Waals surface area contributed by atoms with Crippen LogP contribution in [0.5, 0.6) is 5.75 Å². The minimum absolute atomic E-state index is 0.360. The van der Waals surface area contributed by atoms with E-state index in [9.17, 15) is 4.79 Å². The van der Waals surface area contributed by atoms with Gasteiger partial charge in [0.2, 0.25) is 5.91 Å². The van der Waals surface area contributed by atoms with Gasteiger partial charge in [0.25, 0.3) is 0 Å². The smallest absolute Gasteiger partial charge is 0.248 e. The molecule has 6 heteroatoms. The number of benzene rings is 2. The summed E-state index contributed by atoms with van der Waals surface area (Å²) in [6.07, 6.45) is 11.9. The minimum Gasteiger partial charge on any atom is -0.496 e. The van der Waals surface area contributed by atoms with Crippen molar-refractivity contribution in [2.45, 2.75) is 57.4 Å². The van der Waals surface area contributed by atoms with Crippen LogP contribution in [-0.4, -0.2) is 43.8 Å². The minimum atomic E-state index is -0.360. The van der Waals surface area contributed by atoms with Crippen LogP contribution in [0.4, 0.5) is 5.69 Å². The van der Waals surface area contributed by atoms with Gasteiger partial charge in [0, 0.05) is 55.2 Å². The lowest BCUT2D eigenvalue weighted by Crippen LogP contribution is -2.43. The quantitative estimate of drug-likeness (QED) is 0.422. The standard InChI is InChI=1S/C30H40N4O2/c1-36-29-13-12-27(33-18-15-32-16-19-33)20-24(29)6-2-4-22-5-3-7-26(11-8-22)34-17-14-23-9-10-25(30(31)35)21-28(23)34/h9-10,12-14,17,20-22,26,32H,2-8,11,15-16,18-19H2,1H3,(H2,31,35)/t22-,26?/m0/s1. The molecule has 6 nitrogen and oxygen atoms in total. The molecule has 0 bridgehead atoms. The zero-order chi connectivity index (χ0) is 24.9. The summed E-state index contributed by atoms with van der Waals surface area (Å²) in [5.74, 6) is 1.44. The molecule has 192 valence electrons. The number of primary amides is 1. The van der Waals surface area contributed by atoms with Crippen molar-refractivity contribution in [2.24, 2.45) is 11.7 Å². The van der Waals surface area contributed by atoms with E-state index < -0.39 is 0 Å². The van der Waals surface area contributed by atoms with Gasteiger partial charge in [-0.05, 0) is 85.4 Å². The Morgan fingerprint density at radius 1 is 1.06 bits per heavy atom. The summed E-state index contributed by atoms with van der Waals surface area (Å²) >= 11 is 0. The van der Waals surface area contributed by atoms with E-state index in [0.717, 1.165) is 49.8 Å². The molecule has 1 aliphatic carbocycles. The van der Waals surface area contributed by atoms with Crippen LogP contribution >= 0.6 is 0 Å². The number of anilines is 1. The van der Waals surface area contributed by atoms with Crippen LogP contribution in [0.25, 0.3) is 10.9 Å². The summed E-state index contributed by atoms with van der Waals surface area (Å²) in [6.45, 7) is 4.23. The molecule has 2 aliphatic rings. The Balaban J connectivity index is 1.18. The molecule has 3 N–H and O–H groups in total. The largest absolute Gasteiger partial charge is 0.496 e. The van der Waals surface area contributed by atoms with Crippen LogP contribution in [0.1, 0.15) is 66.9 Å². The SMILES string of the molecule is COc1ccc(N2CCNCC2)cc1CCC[C@H]1CCCC(n2ccc3ccc(C(N)=O)cc32)CC1. The molecule has 0 radical (unpaired) electrons. The Hall–Kier alpha value is -2.99. The molecule has 3 aromatic rings. The van der Waals surface area contributed by atoms with Gasteiger partial charge in [0.1, 0.15) is 5.75 Å². The fraction of sp³-hybridized carbons (Fsp3) is 0.500. The van der Waals surface area contributed by atoms with Crippen molar-refractivity contribution in [3.8, 4) is 5.75 Å². The average molecular weight is 489 g/mol. The predicted octanol–water partition coefficient (Wildman–Crippen LogP) is 5.30. The number of rotatable bonds is 8. The van der Waals surface area contributed by atoms with Gasteiger partial charge >= 0.3 is 0 Å². The van der Waals surface area contributed by atoms with Crippen molar-refractivity contribution >= 4 is 22.5 Å². The average Bonchev–Trinajstić information content (AvgIpc) is 3.19. The lowest BCUT2D eigenvalue weighted by molar-refractivity contribution is 0.100. The lowest BCUT2D eigenvalue weighted by atomic mass is 9.92. The van der Waals surface area contributed by atoms with Gasteiger partial charge < -0.3 is 25.3 Å². The monoisotopic (exact) mass is 488 g/mol. The molecule has 2 fully saturated rings. The highest BCUT2D eigenvalue weighted by molar-refractivity contribution is 5.97. The summed E-state index contributed by atoms with van der Waals surface area (Å²) in [5, 5.41) is 4.62. The van der Waals surface area contributed by atoms with Crippen LogP contribution in [0.3, 0.4) is 0 Å². The number of piperazine rings is 1. The molecule has 2 atom stereocenters. The van der Waals surface area contributed by atoms with Crippen molar-refractivity contribution in [3.05, 3.63) is 59.8 Å². The number of carbonyl (C=O) groups is 1. The van der Waals surface area contributed by atoms with Crippen molar-refractivity contribution in [3.63, 3.8) is 0 Å². The first kappa shape index (κ1) is 24.7. The van der Waals surface area contributed by atoms with E-state index in [1.165, 1.54) is 61.6 Å². The molecule has 1 aromatic heterocycles. The zero-order valence-electron chi connectivity index (χ0n) is 21.5. The Morgan fingerprint density at radius 3 is 2.72 bits per heavy atom. The first-order valence-electron chi connectivity index (χ1n) is 13.7. The number of hydrogen-bond acceptors (Lipinski definition) is 4. The number of fused-ring (bicyclic) bond motifs is 1. The molecule has 1 aliphatic heterocycles. The van der Waals surface area contributed by atoms with Crippen LogP contribution in [-0.2, 0) is 6.42 Å². The summed E-state index contributed by atoms with van der Waals surface area (Å²) in [6, 6.07) is 15.1. The van der Waals surface area contributed by atoms with Crippen LogP contribution < -0.4 is 20.7 Å². The van der Waals surface area contributed by atoms with Crippen molar-refractivity contribution < 1.29 is 9.53 Å². The number of hydrogen-bond donors (Lipinski definition) is 2. The molecular formula is C30H40N4O2. The van der Waals surface area contributed by atoms with Crippen LogP contribution in [0.2, 0.25) is 0 Å². The molecule has 36 heavy (non-hydrogen) atoms. The molecule has 2 heterocycles. The summed E-state index contributed by atoms with van der Waals surface area (Å²) in [5.41, 5.74) is 9.92. The number of nitrogens with two attached hydrogens (primary N) is 1. The molecule has 0 spiro atoms. The molecule has 2 aromatic carbocycles. The lowest BCUT2D eigenvalue weighted by Gasteiger charge is -2.30. The number of aryl methyl sites for hydroxylation is 1. The molecule has 1 unspecified atom stereocenters. The fourth-order valence-corrected chi connectivity index (χ4v) is 6.21. The Kier molecular flexibility index (Phi) is 7.81. The maximum Gasteiger partial charge on any atom is 0.248 e. The second kappa shape index (κ2) is 11.4. The second-order valence-corrected chi connectivity index (χ2v) is 10.5. The van der Waals surface area contributed by atoms with Crippen LogP contribution in [0.15, 0.2) is 48.7 Å². The fourth-order valence-electron chi connectivity index (χ4n) is 6.21. The van der Waals surface area contributed by atoms with E-state index in [4.69, 9.17) is 10.5 Å². The van der Waals surface area contributed by atoms with E-state index >= 15 is 0 Å². The Bertz CT molecular complexity index is 1180. The van der Waals surface area contributed by atoms with Crippen LogP contribution in [0, 0.1) is 5.92 Å². The second-order valence-electron chi connectivity index (χ2n) is 10.5. The number of nitrogens with one attached hydrogen (secondary N) is 1. The van der Waals surface area contributed by atoms with Crippen molar-refractivity contribution in [2.75, 3.05) is 38.2 Å². The van der Waals surface area contributed by atoms with E-state index in [2.05, 4.69) is 45.2 Å². The number of amides is 1. The maximum atomic E-state index is 11.7. The third-order valence-electron chi connectivity index (χ3n) is 8.26. The summed E-state index contributed by atoms with van der Waals surface area (Å²) in [7, 11) is 1.78. The Morgan fingerprint density at radius 2 is 1.92 bits per heavy atom. The van der Waals surface area contributed by atoms with Gasteiger partial charge in [-0.25, -0.2) is 0 Å². The zero-order valence-corrected chi connectivity index (χ0v) is 21.5. The van der Waals surface area contributed by atoms with E-state index in [1.807, 2.05) is 18.2 Å². The topological polar surface area (TPSA) is 72.5 Å². The molecule has 1 saturated carbocycles. The van der Waals surface area contributed by atoms with Gasteiger partial charge in [-0.2, -0.15) is 0 Å². The molecular weight excluding hydrogens is 448 g/mol. The van der Waals surface area contributed by atoms with Gasteiger partial charge in [0.05, 0.1) is 7.11 Å². The van der Waals surface area contributed by atoms with E-state index in [0.29, 0.717) is 11.6 Å². The van der Waals surface area contributed by atoms with Crippen molar-refractivity contribution in [1.29, 1.82) is 0 Å². The first-order chi connectivity index (χ1) is 17.6. The molecule has 1 saturated heterocycles. The van der Waals surface area contributed by atoms with Crippen molar-refractivity contribution in [1.82, 2.24) is 9.88 Å². The normalized spacial score (nSPS) is 20.9. The Labute approximate surface area is 214 Å². The number of ether oxygens (including phenoxy) is 1. The highest BCUT2D eigenvalue weighted by Gasteiger charge is 2.21.